The van der Waals surface area contributed by atoms with Crippen LogP contribution >= 0.6 is 11.3 Å². The van der Waals surface area contributed by atoms with Crippen LogP contribution in [-0.2, 0) is 25.5 Å². The van der Waals surface area contributed by atoms with Gasteiger partial charge in [-0.3, -0.25) is 14.9 Å². The van der Waals surface area contributed by atoms with Crippen LogP contribution in [0.25, 0.3) is 11.3 Å². The van der Waals surface area contributed by atoms with Crippen molar-refractivity contribution in [3.05, 3.63) is 71.1 Å². The quantitative estimate of drug-likeness (QED) is 0.446. The second-order valence-electron chi connectivity index (χ2n) is 7.77. The van der Waals surface area contributed by atoms with Gasteiger partial charge >= 0.3 is 5.97 Å². The van der Waals surface area contributed by atoms with E-state index >= 15 is 0 Å². The van der Waals surface area contributed by atoms with Gasteiger partial charge in [0.05, 0.1) is 12.1 Å². The maximum Gasteiger partial charge on any atom is 0.329 e. The number of esters is 1. The fourth-order valence-corrected chi connectivity index (χ4v) is 3.74. The number of aromatic nitrogens is 1. The number of carbonyl (C=O) groups excluding carboxylic acids is 3. The van der Waals surface area contributed by atoms with Crippen LogP contribution in [0.5, 0.6) is 0 Å². The minimum Gasteiger partial charge on any atom is -0.454 e. The lowest BCUT2D eigenvalue weighted by atomic mass is 10.0. The maximum atomic E-state index is 13.4. The molecule has 2 amide bonds. The smallest absolute Gasteiger partial charge is 0.329 e. The van der Waals surface area contributed by atoms with Crippen molar-refractivity contribution >= 4 is 34.3 Å². The zero-order chi connectivity index (χ0) is 24.7. The first-order valence-corrected chi connectivity index (χ1v) is 11.3. The number of hydrogen-bond donors (Lipinski definition) is 2. The molecule has 1 heterocycles. The van der Waals surface area contributed by atoms with Crippen LogP contribution in [0.15, 0.2) is 53.9 Å². The molecule has 0 aliphatic carbocycles. The first-order chi connectivity index (χ1) is 16.2. The first kappa shape index (κ1) is 25.0. The van der Waals surface area contributed by atoms with Crippen LogP contribution in [-0.4, -0.2) is 35.4 Å². The van der Waals surface area contributed by atoms with Crippen molar-refractivity contribution in [1.82, 2.24) is 10.3 Å². The Morgan fingerprint density at radius 3 is 2.44 bits per heavy atom. The average Bonchev–Trinajstić information content (AvgIpc) is 3.26. The van der Waals surface area contributed by atoms with Gasteiger partial charge in [-0.2, -0.15) is 0 Å². The fraction of sp³-hybridized carbons (Fsp3) is 0.250. The van der Waals surface area contributed by atoms with E-state index in [9.17, 15) is 23.2 Å². The van der Waals surface area contributed by atoms with E-state index < -0.39 is 36.2 Å². The number of rotatable bonds is 9. The van der Waals surface area contributed by atoms with E-state index in [0.29, 0.717) is 11.3 Å². The number of benzene rings is 2. The summed E-state index contributed by atoms with van der Waals surface area (Å²) in [6.07, 6.45) is 0.113. The molecule has 3 rings (SSSR count). The third-order valence-corrected chi connectivity index (χ3v) is 5.51. The van der Waals surface area contributed by atoms with Gasteiger partial charge < -0.3 is 10.1 Å². The molecule has 0 saturated carbocycles. The van der Waals surface area contributed by atoms with E-state index in [0.717, 1.165) is 29.0 Å². The Bertz CT molecular complexity index is 1170. The predicted molar refractivity (Wildman–Crippen MR) is 124 cm³/mol. The Hall–Kier alpha value is -3.66. The van der Waals surface area contributed by atoms with Gasteiger partial charge in [0, 0.05) is 10.9 Å². The van der Waals surface area contributed by atoms with E-state index in [1.54, 1.807) is 19.2 Å². The van der Waals surface area contributed by atoms with Crippen molar-refractivity contribution < 1.29 is 27.9 Å². The largest absolute Gasteiger partial charge is 0.454 e. The molecule has 7 nitrogen and oxygen atoms in total. The first-order valence-electron chi connectivity index (χ1n) is 10.4. The highest BCUT2D eigenvalue weighted by atomic mass is 32.1. The molecule has 3 aromatic rings. The summed E-state index contributed by atoms with van der Waals surface area (Å²) in [5, 5.41) is 6.93. The van der Waals surface area contributed by atoms with Crippen molar-refractivity contribution in [2.24, 2.45) is 5.92 Å². The van der Waals surface area contributed by atoms with Gasteiger partial charge in [-0.05, 0) is 29.7 Å². The lowest BCUT2D eigenvalue weighted by molar-refractivity contribution is -0.151. The second kappa shape index (κ2) is 11.5. The highest BCUT2D eigenvalue weighted by molar-refractivity contribution is 7.14. The van der Waals surface area contributed by atoms with E-state index in [2.05, 4.69) is 15.6 Å². The minimum absolute atomic E-state index is 0.113. The second-order valence-corrected chi connectivity index (χ2v) is 8.63. The molecule has 1 unspecified atom stereocenters. The number of thiazole rings is 1. The zero-order valence-corrected chi connectivity index (χ0v) is 19.3. The van der Waals surface area contributed by atoms with Gasteiger partial charge in [-0.15, -0.1) is 11.3 Å². The van der Waals surface area contributed by atoms with E-state index in [-0.39, 0.29) is 23.4 Å². The van der Waals surface area contributed by atoms with Crippen LogP contribution in [0.2, 0.25) is 0 Å². The van der Waals surface area contributed by atoms with Crippen LogP contribution in [0.1, 0.15) is 19.4 Å². The molecule has 0 bridgehead atoms. The fourth-order valence-electron chi connectivity index (χ4n) is 3.00. The number of amides is 2. The molecule has 2 N–H and O–H groups in total. The Balaban J connectivity index is 1.51. The zero-order valence-electron chi connectivity index (χ0n) is 18.5. The molecule has 0 aliphatic rings. The predicted octanol–water partition coefficient (Wildman–Crippen LogP) is 3.95. The molecule has 34 heavy (non-hydrogen) atoms. The summed E-state index contributed by atoms with van der Waals surface area (Å²) in [5.74, 6) is -3.92. The number of hydrogen-bond acceptors (Lipinski definition) is 6. The van der Waals surface area contributed by atoms with Gasteiger partial charge in [0.15, 0.2) is 23.4 Å². The molecular weight excluding hydrogens is 464 g/mol. The normalized spacial score (nSPS) is 11.7. The molecule has 1 aromatic heterocycles. The van der Waals surface area contributed by atoms with Crippen LogP contribution < -0.4 is 10.6 Å². The summed E-state index contributed by atoms with van der Waals surface area (Å²) in [5.41, 5.74) is 1.52. The lowest BCUT2D eigenvalue weighted by Crippen LogP contribution is -2.46. The van der Waals surface area contributed by atoms with E-state index in [4.69, 9.17) is 4.74 Å². The molecule has 0 radical (unpaired) electrons. The third-order valence-electron chi connectivity index (χ3n) is 4.76. The van der Waals surface area contributed by atoms with Gasteiger partial charge in [-0.1, -0.05) is 44.2 Å². The highest BCUT2D eigenvalue weighted by Gasteiger charge is 2.26. The molecule has 2 aromatic carbocycles. The monoisotopic (exact) mass is 487 g/mol. The molecule has 10 heteroatoms. The summed E-state index contributed by atoms with van der Waals surface area (Å²) in [7, 11) is 0. The number of halogens is 2. The maximum absolute atomic E-state index is 13.4. The summed E-state index contributed by atoms with van der Waals surface area (Å²) < 4.78 is 31.6. The third kappa shape index (κ3) is 6.92. The summed E-state index contributed by atoms with van der Waals surface area (Å²) >= 11 is 1.08. The number of ether oxygens (including phenoxy) is 1. The van der Waals surface area contributed by atoms with Crippen molar-refractivity contribution in [3.8, 4) is 11.3 Å². The van der Waals surface area contributed by atoms with Gasteiger partial charge in [-0.25, -0.2) is 18.6 Å². The van der Waals surface area contributed by atoms with E-state index in [1.807, 2.05) is 30.3 Å². The van der Waals surface area contributed by atoms with Gasteiger partial charge in [0.25, 0.3) is 5.91 Å². The number of nitrogens with one attached hydrogen (secondary N) is 2. The molecule has 178 valence electrons. The molecule has 0 fully saturated rings. The molecule has 0 aliphatic heterocycles. The molecule has 0 spiro atoms. The van der Waals surface area contributed by atoms with Crippen LogP contribution in [0.4, 0.5) is 13.9 Å². The molecule has 1 atom stereocenters. The summed E-state index contributed by atoms with van der Waals surface area (Å²) in [6.45, 7) is 2.94. The SMILES string of the molecule is CC(C)C(NC(=O)Cc1ccccc1)C(=O)OCC(=O)Nc1nc(-c2ccc(F)c(F)c2)cs1. The molecule has 0 saturated heterocycles. The Morgan fingerprint density at radius 1 is 1.03 bits per heavy atom. The minimum atomic E-state index is -1.00. The van der Waals surface area contributed by atoms with Crippen LogP contribution in [0.3, 0.4) is 0 Å². The number of anilines is 1. The average molecular weight is 488 g/mol. The Labute approximate surface area is 199 Å². The Morgan fingerprint density at radius 2 is 1.76 bits per heavy atom. The Kier molecular flexibility index (Phi) is 8.42. The van der Waals surface area contributed by atoms with Crippen molar-refractivity contribution in [1.29, 1.82) is 0 Å². The van der Waals surface area contributed by atoms with Crippen molar-refractivity contribution in [2.45, 2.75) is 26.3 Å². The lowest BCUT2D eigenvalue weighted by Gasteiger charge is -2.20. The van der Waals surface area contributed by atoms with Gasteiger partial charge in [0.2, 0.25) is 5.91 Å². The summed E-state index contributed by atoms with van der Waals surface area (Å²) in [4.78, 5) is 41.2. The standard InChI is InChI=1S/C24H23F2N3O4S/c1-14(2)22(28-20(30)10-15-6-4-3-5-7-15)23(32)33-12-21(31)29-24-27-19(13-34-24)16-8-9-17(25)18(26)11-16/h3-9,11,13-14,22H,10,12H2,1-2H3,(H,28,30)(H,27,29,31). The summed E-state index contributed by atoms with van der Waals surface area (Å²) in [6, 6.07) is 11.6. The highest BCUT2D eigenvalue weighted by Crippen LogP contribution is 2.26. The molecular formula is C24H23F2N3O4S. The number of nitrogens with zero attached hydrogens (tertiary/aromatic N) is 1. The van der Waals surface area contributed by atoms with Gasteiger partial charge in [0.1, 0.15) is 6.04 Å². The topological polar surface area (TPSA) is 97.4 Å². The van der Waals surface area contributed by atoms with Crippen molar-refractivity contribution in [3.63, 3.8) is 0 Å². The number of carbonyl (C=O) groups is 3. The van der Waals surface area contributed by atoms with Crippen molar-refractivity contribution in [2.75, 3.05) is 11.9 Å². The van der Waals surface area contributed by atoms with Crippen LogP contribution in [0, 0.1) is 17.6 Å². The van der Waals surface area contributed by atoms with E-state index in [1.165, 1.54) is 6.07 Å².